The predicted molar refractivity (Wildman–Crippen MR) is 171 cm³/mol. The van der Waals surface area contributed by atoms with Gasteiger partial charge in [0, 0.05) is 95.8 Å². The maximum Gasteiger partial charge on any atom is 0.257 e. The van der Waals surface area contributed by atoms with E-state index >= 15 is 0 Å². The molecule has 1 fully saturated rings. The lowest BCUT2D eigenvalue weighted by Crippen LogP contribution is -2.52. The second kappa shape index (κ2) is 15.6. The summed E-state index contributed by atoms with van der Waals surface area (Å²) in [7, 11) is 7.01. The van der Waals surface area contributed by atoms with Crippen molar-refractivity contribution in [1.29, 1.82) is 0 Å². The Kier molecular flexibility index (Phi) is 12.6. The molecule has 2 aromatic rings. The summed E-state index contributed by atoms with van der Waals surface area (Å²) in [5, 5.41) is 2.99. The molecule has 40 heavy (non-hydrogen) atoms. The lowest BCUT2D eigenvalue weighted by atomic mass is 10.1. The molecule has 1 aromatic carbocycles. The Labute approximate surface area is 240 Å². The van der Waals surface area contributed by atoms with Gasteiger partial charge in [0.2, 0.25) is 0 Å². The van der Waals surface area contributed by atoms with E-state index in [2.05, 4.69) is 40.5 Å². The summed E-state index contributed by atoms with van der Waals surface area (Å²) in [5.41, 5.74) is 5.07. The van der Waals surface area contributed by atoms with Crippen molar-refractivity contribution < 1.29 is 4.79 Å². The Morgan fingerprint density at radius 1 is 1.18 bits per heavy atom. The first kappa shape index (κ1) is 32.3. The molecule has 1 aromatic heterocycles. The summed E-state index contributed by atoms with van der Waals surface area (Å²) in [5.74, 6) is 0.0124. The number of carbonyl (C=O) groups excluding carboxylic acids is 1. The van der Waals surface area contributed by atoms with Gasteiger partial charge in [-0.25, -0.2) is 0 Å². The highest BCUT2D eigenvalue weighted by atomic mass is 16.2. The van der Waals surface area contributed by atoms with Crippen LogP contribution in [0.5, 0.6) is 0 Å². The third-order valence-electron chi connectivity index (χ3n) is 6.70. The Bertz CT molecular complexity index is 1290. The molecular formula is C32H46N6O2. The topological polar surface area (TPSA) is 73.2 Å². The maximum absolute atomic E-state index is 12.7. The Morgan fingerprint density at radius 2 is 1.85 bits per heavy atom. The fourth-order valence-corrected chi connectivity index (χ4v) is 4.60. The summed E-state index contributed by atoms with van der Waals surface area (Å²) < 4.78 is 1.59. The molecule has 0 radical (unpaired) electrons. The zero-order valence-electron chi connectivity index (χ0n) is 25.4. The minimum absolute atomic E-state index is 0.0124. The molecule has 8 heteroatoms. The standard InChI is InChI=1S/C30H40N6O2.C2H6/c1-22(18-23(2)28(12-14-31-4)36-15-13-26(32-5)19-29(36)37)20-34-16-17-35(21-24(34)3)27-10-8-25(9-11-27)30(38)33(6)7;1-2/h8-15,18-19,24,32H,2,16-17,20-21H2,1,3-7H3;1-2H3/b22-18+,28-12+,31-14?;. The quantitative estimate of drug-likeness (QED) is 0.359. The van der Waals surface area contributed by atoms with Crippen LogP contribution in [0.4, 0.5) is 11.4 Å². The number of amides is 1. The number of piperazine rings is 1. The lowest BCUT2D eigenvalue weighted by Gasteiger charge is -2.41. The van der Waals surface area contributed by atoms with Crippen LogP contribution in [0.1, 0.15) is 38.1 Å². The minimum Gasteiger partial charge on any atom is -0.388 e. The Hall–Kier alpha value is -3.91. The normalized spacial score (nSPS) is 16.4. The summed E-state index contributed by atoms with van der Waals surface area (Å²) >= 11 is 0. The molecule has 0 spiro atoms. The number of pyridine rings is 1. The van der Waals surface area contributed by atoms with E-state index in [1.165, 1.54) is 5.57 Å². The molecule has 1 amide bonds. The third-order valence-corrected chi connectivity index (χ3v) is 6.70. The van der Waals surface area contributed by atoms with E-state index in [-0.39, 0.29) is 11.5 Å². The fourth-order valence-electron chi connectivity index (χ4n) is 4.60. The molecule has 2 heterocycles. The summed E-state index contributed by atoms with van der Waals surface area (Å²) in [4.78, 5) is 35.4. The Morgan fingerprint density at radius 3 is 2.40 bits per heavy atom. The highest BCUT2D eigenvalue weighted by Crippen LogP contribution is 2.22. The number of hydrogen-bond donors (Lipinski definition) is 1. The third kappa shape index (κ3) is 8.55. The van der Waals surface area contributed by atoms with Gasteiger partial charge in [0.25, 0.3) is 11.5 Å². The molecule has 1 atom stereocenters. The van der Waals surface area contributed by atoms with Gasteiger partial charge in [0.15, 0.2) is 0 Å². The van der Waals surface area contributed by atoms with Crippen LogP contribution in [0, 0.1) is 0 Å². The second-order valence-electron chi connectivity index (χ2n) is 9.86. The molecule has 0 bridgehead atoms. The van der Waals surface area contributed by atoms with Crippen LogP contribution in [-0.2, 0) is 0 Å². The molecular weight excluding hydrogens is 500 g/mol. The highest BCUT2D eigenvalue weighted by molar-refractivity contribution is 5.94. The monoisotopic (exact) mass is 546 g/mol. The molecule has 1 aliphatic rings. The van der Waals surface area contributed by atoms with Gasteiger partial charge >= 0.3 is 0 Å². The zero-order chi connectivity index (χ0) is 29.8. The van der Waals surface area contributed by atoms with Gasteiger partial charge < -0.3 is 15.1 Å². The first-order valence-electron chi connectivity index (χ1n) is 13.8. The van der Waals surface area contributed by atoms with Crippen LogP contribution < -0.4 is 15.8 Å². The zero-order valence-corrected chi connectivity index (χ0v) is 25.4. The number of aliphatic imine (C=N–C) groups is 1. The van der Waals surface area contributed by atoms with Crippen molar-refractivity contribution in [3.8, 4) is 0 Å². The SMILES string of the molecule is C=C(/C=C(\C)CN1CCN(c2ccc(C(=O)N(C)C)cc2)CC1C)/C(=C\C=NC)n1ccc(NC)cc1=O.CC. The van der Waals surface area contributed by atoms with Gasteiger partial charge in [0.1, 0.15) is 0 Å². The largest absolute Gasteiger partial charge is 0.388 e. The van der Waals surface area contributed by atoms with Crippen LogP contribution in [0.25, 0.3) is 5.70 Å². The molecule has 1 aliphatic heterocycles. The van der Waals surface area contributed by atoms with Crippen LogP contribution in [-0.4, -0.2) is 86.9 Å². The van der Waals surface area contributed by atoms with E-state index in [0.29, 0.717) is 17.3 Å². The van der Waals surface area contributed by atoms with Gasteiger partial charge in [-0.15, -0.1) is 0 Å². The molecule has 216 valence electrons. The average molecular weight is 547 g/mol. The number of nitrogens with zero attached hydrogens (tertiary/aromatic N) is 5. The fraction of sp³-hybridized carbons (Fsp3) is 0.406. The summed E-state index contributed by atoms with van der Waals surface area (Å²) in [6, 6.07) is 11.6. The number of benzene rings is 1. The summed E-state index contributed by atoms with van der Waals surface area (Å²) in [6.45, 7) is 16.2. The van der Waals surface area contributed by atoms with E-state index in [4.69, 9.17) is 0 Å². The van der Waals surface area contributed by atoms with Crippen molar-refractivity contribution in [2.45, 2.75) is 33.7 Å². The van der Waals surface area contributed by atoms with Gasteiger partial charge in [-0.05, 0) is 55.8 Å². The number of nitrogens with one attached hydrogen (secondary N) is 1. The first-order valence-corrected chi connectivity index (χ1v) is 13.8. The Balaban J connectivity index is 0.00000274. The van der Waals surface area contributed by atoms with Crippen molar-refractivity contribution in [3.05, 3.63) is 88.4 Å². The maximum atomic E-state index is 12.7. The van der Waals surface area contributed by atoms with Crippen molar-refractivity contribution in [3.63, 3.8) is 0 Å². The highest BCUT2D eigenvalue weighted by Gasteiger charge is 2.24. The van der Waals surface area contributed by atoms with Gasteiger partial charge in [0.05, 0.1) is 5.70 Å². The van der Waals surface area contributed by atoms with Crippen LogP contribution in [0.2, 0.25) is 0 Å². The van der Waals surface area contributed by atoms with Crippen molar-refractivity contribution >= 4 is 29.2 Å². The van der Waals surface area contributed by atoms with Crippen LogP contribution in [0.3, 0.4) is 0 Å². The van der Waals surface area contributed by atoms with E-state index in [9.17, 15) is 9.59 Å². The smallest absolute Gasteiger partial charge is 0.257 e. The minimum atomic E-state index is -0.135. The number of rotatable bonds is 9. The molecule has 0 saturated carbocycles. The molecule has 0 aliphatic carbocycles. The average Bonchev–Trinajstić information content (AvgIpc) is 2.95. The second-order valence-corrected chi connectivity index (χ2v) is 9.86. The lowest BCUT2D eigenvalue weighted by molar-refractivity contribution is 0.0827. The molecule has 8 nitrogen and oxygen atoms in total. The van der Waals surface area contributed by atoms with Gasteiger partial charge in [-0.1, -0.05) is 32.1 Å². The van der Waals surface area contributed by atoms with Crippen molar-refractivity contribution in [1.82, 2.24) is 14.4 Å². The van der Waals surface area contributed by atoms with Gasteiger partial charge in [-0.3, -0.25) is 24.0 Å². The summed E-state index contributed by atoms with van der Waals surface area (Å²) in [6.07, 6.45) is 7.28. The first-order chi connectivity index (χ1) is 19.1. The van der Waals surface area contributed by atoms with E-state index in [1.54, 1.807) is 56.1 Å². The van der Waals surface area contributed by atoms with Crippen molar-refractivity contribution in [2.75, 3.05) is 64.6 Å². The van der Waals surface area contributed by atoms with E-state index in [0.717, 1.165) is 43.1 Å². The van der Waals surface area contributed by atoms with Crippen molar-refractivity contribution in [2.24, 2.45) is 4.99 Å². The number of hydrogen-bond acceptors (Lipinski definition) is 6. The number of carbonyl (C=O) groups is 1. The number of anilines is 2. The van der Waals surface area contributed by atoms with Crippen LogP contribution in [0.15, 0.2) is 82.3 Å². The molecule has 1 unspecified atom stereocenters. The van der Waals surface area contributed by atoms with E-state index < -0.39 is 0 Å². The number of aromatic nitrogens is 1. The molecule has 1 saturated heterocycles. The van der Waals surface area contributed by atoms with Gasteiger partial charge in [-0.2, -0.15) is 0 Å². The van der Waals surface area contributed by atoms with E-state index in [1.807, 2.05) is 56.3 Å². The molecule has 3 rings (SSSR count). The molecule has 1 N–H and O–H groups in total. The number of allylic oxidation sites excluding steroid dienone is 4. The predicted octanol–water partition coefficient (Wildman–Crippen LogP) is 4.87. The van der Waals surface area contributed by atoms with Crippen LogP contribution >= 0.6 is 0 Å².